The van der Waals surface area contributed by atoms with Gasteiger partial charge < -0.3 is 5.11 Å². The summed E-state index contributed by atoms with van der Waals surface area (Å²) >= 11 is -2.54. The number of allylic oxidation sites excluding steroid dienone is 2. The Bertz CT molecular complexity index is 1640. The normalized spacial score (nSPS) is 14.0. The number of benzene rings is 3. The van der Waals surface area contributed by atoms with E-state index >= 15 is 0 Å². The van der Waals surface area contributed by atoms with Crippen LogP contribution in [0.15, 0.2) is 72.6 Å². The molecule has 0 bridgehead atoms. The van der Waals surface area contributed by atoms with Gasteiger partial charge in [0.2, 0.25) is 0 Å². The average Bonchev–Trinajstić information content (AvgIpc) is 3.08. The van der Waals surface area contributed by atoms with Crippen LogP contribution in [0.3, 0.4) is 0 Å². The zero-order valence-corrected chi connectivity index (χ0v) is 31.5. The van der Waals surface area contributed by atoms with Gasteiger partial charge in [-0.2, -0.15) is 0 Å². The average molecular weight is 802 g/mol. The van der Waals surface area contributed by atoms with Crippen LogP contribution >= 0.6 is 0 Å². The molecule has 2 heterocycles. The Hall–Kier alpha value is -2.31. The molecule has 1 radical (unpaired) electrons. The van der Waals surface area contributed by atoms with Gasteiger partial charge in [0.05, 0.1) is 5.76 Å². The monoisotopic (exact) mass is 803 g/mol. The molecule has 0 saturated carbocycles. The molecule has 3 nitrogen and oxygen atoms in total. The van der Waals surface area contributed by atoms with Crippen molar-refractivity contribution in [3.05, 3.63) is 84.3 Å². The molecule has 4 aromatic rings. The van der Waals surface area contributed by atoms with Crippen molar-refractivity contribution in [2.45, 2.75) is 71.2 Å². The van der Waals surface area contributed by atoms with Crippen LogP contribution in [0.5, 0.6) is 0 Å². The second kappa shape index (κ2) is 12.1. The molecule has 6 heteroatoms. The largest absolute Gasteiger partial charge is 0 e. The molecule has 0 fully saturated rings. The third-order valence-electron chi connectivity index (χ3n) is 7.68. The third kappa shape index (κ3) is 6.85. The van der Waals surface area contributed by atoms with Gasteiger partial charge in [-0.1, -0.05) is 0 Å². The van der Waals surface area contributed by atoms with Gasteiger partial charge in [0, 0.05) is 26.2 Å². The number of rotatable bonds is 3. The SMILES string of the molecule is CC(=O)/C=C(/C)O.CC(C)(C)c1cc(-c2nccc3[c]2[Ge]([CH3])([CH3])[c]2cc([Si](C)(C)C)ccc2-3)[c-]c2ccccc12.[Ir]. The Balaban J connectivity index is 0.000000516. The fourth-order valence-electron chi connectivity index (χ4n) is 5.69. The maximum absolute atomic E-state index is 10.0. The van der Waals surface area contributed by atoms with Crippen LogP contribution in [0.25, 0.3) is 33.2 Å². The van der Waals surface area contributed by atoms with E-state index in [2.05, 4.69) is 113 Å². The number of ketones is 1. The topological polar surface area (TPSA) is 50.2 Å². The van der Waals surface area contributed by atoms with Crippen molar-refractivity contribution in [3.63, 3.8) is 0 Å². The van der Waals surface area contributed by atoms with E-state index in [-0.39, 0.29) is 37.1 Å². The van der Waals surface area contributed by atoms with E-state index in [1.54, 1.807) is 9.58 Å². The van der Waals surface area contributed by atoms with Gasteiger partial charge >= 0.3 is 203 Å². The van der Waals surface area contributed by atoms with Crippen LogP contribution < -0.4 is 14.0 Å². The standard InChI is InChI=1S/C30H34GeNSi.C5H8O2.Ir/c1-30(2,3)26-18-21(17-20-11-9-10-12-23(20)26)29-28-25(15-16-32-29)24-14-13-22(33(6,7)8)19-27(24)31(28,4)5;1-4(6)3-5(2)7;/h9-16,18-19H,1-8H3;3,6H,1-2H3;/q-1;;/b;4-3-;. The summed E-state index contributed by atoms with van der Waals surface area (Å²) in [5.41, 5.74) is 6.56. The second-order valence-electron chi connectivity index (χ2n) is 13.5. The maximum atomic E-state index is 10.0. The van der Waals surface area contributed by atoms with Crippen molar-refractivity contribution in [2.24, 2.45) is 0 Å². The number of hydrogen-bond acceptors (Lipinski definition) is 3. The van der Waals surface area contributed by atoms with Crippen LogP contribution in [-0.2, 0) is 30.3 Å². The van der Waals surface area contributed by atoms with Gasteiger partial charge in [0.1, 0.15) is 0 Å². The van der Waals surface area contributed by atoms with Gasteiger partial charge in [0.15, 0.2) is 5.78 Å². The van der Waals surface area contributed by atoms with Crippen molar-refractivity contribution >= 4 is 51.9 Å². The summed E-state index contributed by atoms with van der Waals surface area (Å²) in [4.78, 5) is 15.0. The molecule has 0 unspecified atom stereocenters. The molecule has 1 aliphatic rings. The molecule has 0 aliphatic carbocycles. The number of fused-ring (bicyclic) bond motifs is 4. The van der Waals surface area contributed by atoms with E-state index in [0.717, 1.165) is 11.3 Å². The molecule has 1 aliphatic heterocycles. The van der Waals surface area contributed by atoms with Gasteiger partial charge in [-0.15, -0.1) is 0 Å². The molecule has 41 heavy (non-hydrogen) atoms. The van der Waals surface area contributed by atoms with Crippen molar-refractivity contribution in [2.75, 3.05) is 0 Å². The third-order valence-corrected chi connectivity index (χ3v) is 17.1. The number of aliphatic hydroxyl groups is 1. The Kier molecular flexibility index (Phi) is 9.82. The van der Waals surface area contributed by atoms with E-state index in [1.165, 1.54) is 51.8 Å². The number of carbonyl (C=O) groups excluding carboxylic acids is 1. The molecular formula is C35H42GeIrNO2Si-. The first-order valence-electron chi connectivity index (χ1n) is 14.0. The van der Waals surface area contributed by atoms with Crippen molar-refractivity contribution < 1.29 is 30.0 Å². The Morgan fingerprint density at radius 2 is 1.63 bits per heavy atom. The quantitative estimate of drug-likeness (QED) is 0.102. The minimum atomic E-state index is -2.54. The summed E-state index contributed by atoms with van der Waals surface area (Å²) in [6.45, 7) is 17.1. The van der Waals surface area contributed by atoms with Gasteiger partial charge in [-0.25, -0.2) is 0 Å². The smallest absolute Gasteiger partial charge is 0 e. The van der Waals surface area contributed by atoms with Crippen LogP contribution in [0.1, 0.15) is 40.2 Å². The van der Waals surface area contributed by atoms with Crippen molar-refractivity contribution in [1.82, 2.24) is 4.98 Å². The van der Waals surface area contributed by atoms with Crippen LogP contribution in [-0.4, -0.2) is 37.2 Å². The van der Waals surface area contributed by atoms with Gasteiger partial charge in [0.25, 0.3) is 0 Å². The molecule has 1 N–H and O–H groups in total. The summed E-state index contributed by atoms with van der Waals surface area (Å²) < 4.78 is 3.14. The molecule has 0 saturated heterocycles. The van der Waals surface area contributed by atoms with E-state index < -0.39 is 21.3 Å². The number of hydrogen-bond donors (Lipinski definition) is 1. The fraction of sp³-hybridized carbons (Fsp3) is 0.314. The minimum absolute atomic E-state index is 0. The Morgan fingerprint density at radius 3 is 2.20 bits per heavy atom. The van der Waals surface area contributed by atoms with Crippen LogP contribution in [0.4, 0.5) is 0 Å². The number of carbonyl (C=O) groups is 1. The summed E-state index contributed by atoms with van der Waals surface area (Å²) in [6.07, 6.45) is 3.17. The first-order valence-corrected chi connectivity index (χ1v) is 23.8. The Labute approximate surface area is 263 Å². The van der Waals surface area contributed by atoms with Gasteiger partial charge in [-0.3, -0.25) is 4.79 Å². The maximum Gasteiger partial charge on any atom is 0 e. The summed E-state index contributed by atoms with van der Waals surface area (Å²) in [5, 5.41) is 12.4. The molecule has 3 aromatic carbocycles. The first-order chi connectivity index (χ1) is 18.5. The second-order valence-corrected chi connectivity index (χ2v) is 27.6. The number of aromatic nitrogens is 1. The van der Waals surface area contributed by atoms with E-state index in [4.69, 9.17) is 10.1 Å². The molecular weight excluding hydrogens is 759 g/mol. The number of pyridine rings is 1. The van der Waals surface area contributed by atoms with Gasteiger partial charge in [-0.05, 0) is 13.8 Å². The number of nitrogens with zero attached hydrogens (tertiary/aromatic N) is 1. The predicted octanol–water partition coefficient (Wildman–Crippen LogP) is 7.38. The molecule has 217 valence electrons. The zero-order chi connectivity index (χ0) is 29.6. The molecule has 0 amide bonds. The minimum Gasteiger partial charge on any atom is 0 e. The zero-order valence-electron chi connectivity index (χ0n) is 26.0. The van der Waals surface area contributed by atoms with E-state index in [9.17, 15) is 4.79 Å². The molecule has 0 spiro atoms. The molecule has 1 aromatic heterocycles. The molecule has 0 atom stereocenters. The van der Waals surface area contributed by atoms with Crippen LogP contribution in [0.2, 0.25) is 31.2 Å². The summed E-state index contributed by atoms with van der Waals surface area (Å²) in [6, 6.07) is 24.4. The van der Waals surface area contributed by atoms with Crippen molar-refractivity contribution in [1.29, 1.82) is 0 Å². The fourth-order valence-corrected chi connectivity index (χ4v) is 14.2. The summed E-state index contributed by atoms with van der Waals surface area (Å²) in [7, 11) is -1.37. The van der Waals surface area contributed by atoms with E-state index in [0.29, 0.717) is 0 Å². The molecule has 5 rings (SSSR count). The van der Waals surface area contributed by atoms with E-state index in [1.807, 2.05) is 6.20 Å². The predicted molar refractivity (Wildman–Crippen MR) is 177 cm³/mol. The van der Waals surface area contributed by atoms with Crippen molar-refractivity contribution in [3.8, 4) is 22.4 Å². The summed E-state index contributed by atoms with van der Waals surface area (Å²) in [5.74, 6) is 5.04. The van der Waals surface area contributed by atoms with Crippen LogP contribution in [0, 0.1) is 6.07 Å². The number of aliphatic hydroxyl groups excluding tert-OH is 1. The first kappa shape index (κ1) is 33.2. The Morgan fingerprint density at radius 1 is 0.976 bits per heavy atom.